The van der Waals surface area contributed by atoms with Gasteiger partial charge in [-0.05, 0) is 22.6 Å². The predicted octanol–water partition coefficient (Wildman–Crippen LogP) is 1.06. The molecule has 1 aliphatic heterocycles. The summed E-state index contributed by atoms with van der Waals surface area (Å²) >= 11 is 0. The highest BCUT2D eigenvalue weighted by atomic mass is 19.2. The van der Waals surface area contributed by atoms with E-state index in [0.717, 1.165) is 35.9 Å². The van der Waals surface area contributed by atoms with Crippen LogP contribution in [0.3, 0.4) is 0 Å². The van der Waals surface area contributed by atoms with Gasteiger partial charge in [-0.1, -0.05) is 6.07 Å². The van der Waals surface area contributed by atoms with Gasteiger partial charge >= 0.3 is 0 Å². The molecule has 0 aliphatic carbocycles. The molecule has 10 nitrogen and oxygen atoms in total. The fourth-order valence-corrected chi connectivity index (χ4v) is 3.19. The molecule has 0 amide bonds. The van der Waals surface area contributed by atoms with E-state index in [-0.39, 0.29) is 23.0 Å². The van der Waals surface area contributed by atoms with Crippen LogP contribution in [0.2, 0.25) is 0 Å². The smallest absolute Gasteiger partial charge is 0.209 e. The van der Waals surface area contributed by atoms with Crippen LogP contribution in [0.15, 0.2) is 36.8 Å². The molecule has 0 bridgehead atoms. The summed E-state index contributed by atoms with van der Waals surface area (Å²) in [7, 11) is 0. The molecule has 1 aliphatic rings. The van der Waals surface area contributed by atoms with Crippen molar-refractivity contribution in [3.63, 3.8) is 0 Å². The number of rotatable bonds is 5. The highest BCUT2D eigenvalue weighted by Gasteiger charge is 2.21. The van der Waals surface area contributed by atoms with Crippen LogP contribution in [-0.2, 0) is 6.54 Å². The SMILES string of the molecule is Nc1ncc(-c2cnn(CC3CNC3)c2)nc1-c1nnnn1-c1cccc(F)c1F. The van der Waals surface area contributed by atoms with Crippen LogP contribution in [0, 0.1) is 17.6 Å². The van der Waals surface area contributed by atoms with Crippen LogP contribution < -0.4 is 11.1 Å². The maximum atomic E-state index is 14.3. The van der Waals surface area contributed by atoms with Gasteiger partial charge in [0.15, 0.2) is 23.1 Å². The van der Waals surface area contributed by atoms with Crippen LogP contribution in [0.25, 0.3) is 28.5 Å². The van der Waals surface area contributed by atoms with Gasteiger partial charge in [0.05, 0.1) is 18.1 Å². The third-order valence-corrected chi connectivity index (χ3v) is 4.88. The molecule has 0 unspecified atom stereocenters. The molecule has 12 heteroatoms. The summed E-state index contributed by atoms with van der Waals surface area (Å²) in [4.78, 5) is 8.69. The zero-order valence-corrected chi connectivity index (χ0v) is 15.6. The molecule has 5 rings (SSSR count). The van der Waals surface area contributed by atoms with Gasteiger partial charge in [-0.2, -0.15) is 9.78 Å². The molecule has 0 atom stereocenters. The highest BCUT2D eigenvalue weighted by Crippen LogP contribution is 2.27. The largest absolute Gasteiger partial charge is 0.382 e. The normalized spacial score (nSPS) is 14.1. The highest BCUT2D eigenvalue weighted by molar-refractivity contribution is 5.69. The molecular formula is C18H16F2N10. The van der Waals surface area contributed by atoms with Gasteiger partial charge in [-0.25, -0.2) is 18.7 Å². The zero-order valence-electron chi connectivity index (χ0n) is 15.6. The summed E-state index contributed by atoms with van der Waals surface area (Å²) in [5.74, 6) is -1.45. The second-order valence-corrected chi connectivity index (χ2v) is 6.95. The van der Waals surface area contributed by atoms with Gasteiger partial charge in [-0.3, -0.25) is 4.68 Å². The molecule has 1 aromatic carbocycles. The number of hydrogen-bond acceptors (Lipinski definition) is 8. The van der Waals surface area contributed by atoms with Crippen molar-refractivity contribution >= 4 is 5.82 Å². The monoisotopic (exact) mass is 410 g/mol. The van der Waals surface area contributed by atoms with Crippen LogP contribution >= 0.6 is 0 Å². The third kappa shape index (κ3) is 3.16. The quantitative estimate of drug-likeness (QED) is 0.500. The minimum absolute atomic E-state index is 0.0410. The first-order valence-corrected chi connectivity index (χ1v) is 9.19. The Morgan fingerprint density at radius 2 is 2.07 bits per heavy atom. The molecule has 30 heavy (non-hydrogen) atoms. The Morgan fingerprint density at radius 3 is 2.87 bits per heavy atom. The molecule has 3 N–H and O–H groups in total. The van der Waals surface area contributed by atoms with Crippen LogP contribution in [-0.4, -0.2) is 53.0 Å². The predicted molar refractivity (Wildman–Crippen MR) is 102 cm³/mol. The fourth-order valence-electron chi connectivity index (χ4n) is 3.19. The van der Waals surface area contributed by atoms with E-state index in [9.17, 15) is 8.78 Å². The molecular weight excluding hydrogens is 394 g/mol. The van der Waals surface area contributed by atoms with Crippen molar-refractivity contribution in [1.29, 1.82) is 0 Å². The number of aromatic nitrogens is 8. The maximum Gasteiger partial charge on any atom is 0.209 e. The van der Waals surface area contributed by atoms with Crippen molar-refractivity contribution in [2.75, 3.05) is 18.8 Å². The summed E-state index contributed by atoms with van der Waals surface area (Å²) in [6.45, 7) is 2.75. The van der Waals surface area contributed by atoms with E-state index in [1.54, 1.807) is 6.20 Å². The molecule has 4 aromatic rings. The van der Waals surface area contributed by atoms with Gasteiger partial charge in [0.25, 0.3) is 0 Å². The van der Waals surface area contributed by atoms with Crippen molar-refractivity contribution in [3.8, 4) is 28.5 Å². The minimum atomic E-state index is -1.08. The number of nitrogens with two attached hydrogens (primary N) is 1. The van der Waals surface area contributed by atoms with Gasteiger partial charge in [0, 0.05) is 37.3 Å². The molecule has 1 saturated heterocycles. The third-order valence-electron chi connectivity index (χ3n) is 4.88. The lowest BCUT2D eigenvalue weighted by Crippen LogP contribution is -2.44. The van der Waals surface area contributed by atoms with Gasteiger partial charge in [-0.15, -0.1) is 5.10 Å². The van der Waals surface area contributed by atoms with E-state index in [1.807, 2.05) is 10.9 Å². The van der Waals surface area contributed by atoms with Crippen molar-refractivity contribution < 1.29 is 8.78 Å². The average Bonchev–Trinajstić information content (AvgIpc) is 3.37. The lowest BCUT2D eigenvalue weighted by Gasteiger charge is -2.26. The minimum Gasteiger partial charge on any atom is -0.382 e. The lowest BCUT2D eigenvalue weighted by atomic mass is 10.0. The number of nitrogens with zero attached hydrogens (tertiary/aromatic N) is 8. The Hall–Kier alpha value is -3.80. The number of anilines is 1. The molecule has 4 heterocycles. The lowest BCUT2D eigenvalue weighted by molar-refractivity contribution is 0.295. The maximum absolute atomic E-state index is 14.3. The summed E-state index contributed by atoms with van der Waals surface area (Å²) in [5.41, 5.74) is 7.23. The van der Waals surface area contributed by atoms with E-state index >= 15 is 0 Å². The van der Waals surface area contributed by atoms with E-state index in [1.165, 1.54) is 18.3 Å². The number of benzene rings is 1. The first-order valence-electron chi connectivity index (χ1n) is 9.19. The first-order chi connectivity index (χ1) is 14.6. The van der Waals surface area contributed by atoms with E-state index in [0.29, 0.717) is 11.6 Å². The summed E-state index contributed by atoms with van der Waals surface area (Å²) in [6, 6.07) is 3.72. The van der Waals surface area contributed by atoms with Gasteiger partial charge in [0.2, 0.25) is 5.82 Å². The summed E-state index contributed by atoms with van der Waals surface area (Å²) in [5, 5.41) is 18.8. The summed E-state index contributed by atoms with van der Waals surface area (Å²) in [6.07, 6.45) is 5.07. The topological polar surface area (TPSA) is 125 Å². The Labute approximate surface area is 168 Å². The van der Waals surface area contributed by atoms with Crippen molar-refractivity contribution in [2.24, 2.45) is 5.92 Å². The Balaban J connectivity index is 1.52. The van der Waals surface area contributed by atoms with Crippen molar-refractivity contribution in [1.82, 2.24) is 45.3 Å². The van der Waals surface area contributed by atoms with Crippen molar-refractivity contribution in [2.45, 2.75) is 6.54 Å². The number of nitrogen functional groups attached to an aromatic ring is 1. The number of halogens is 2. The van der Waals surface area contributed by atoms with E-state index in [4.69, 9.17) is 5.73 Å². The molecule has 152 valence electrons. The second kappa shape index (κ2) is 7.22. The molecule has 0 radical (unpaired) electrons. The number of hydrogen-bond donors (Lipinski definition) is 2. The van der Waals surface area contributed by atoms with Gasteiger partial charge < -0.3 is 11.1 Å². The Kier molecular flexibility index (Phi) is 4.39. The zero-order chi connectivity index (χ0) is 20.7. The van der Waals surface area contributed by atoms with Gasteiger partial charge in [0.1, 0.15) is 5.69 Å². The first kappa shape index (κ1) is 18.2. The number of tetrazole rings is 1. The molecule has 0 saturated carbocycles. The summed E-state index contributed by atoms with van der Waals surface area (Å²) < 4.78 is 30.8. The van der Waals surface area contributed by atoms with E-state index < -0.39 is 11.6 Å². The molecule has 1 fully saturated rings. The standard InChI is InChI=1S/C18H16F2N10/c19-12-2-1-3-14(15(12)20)30-18(26-27-28-30)16-17(21)23-7-13(25-16)11-6-24-29(9-11)8-10-4-22-5-10/h1-3,6-7,9-10,22H,4-5,8H2,(H2,21,23). The fraction of sp³-hybridized carbons (Fsp3) is 0.222. The van der Waals surface area contributed by atoms with Crippen LogP contribution in [0.1, 0.15) is 0 Å². The Bertz CT molecular complexity index is 1210. The van der Waals surface area contributed by atoms with E-state index in [2.05, 4.69) is 35.9 Å². The second-order valence-electron chi connectivity index (χ2n) is 6.95. The van der Waals surface area contributed by atoms with Crippen molar-refractivity contribution in [3.05, 3.63) is 48.4 Å². The van der Waals surface area contributed by atoms with Crippen LogP contribution in [0.5, 0.6) is 0 Å². The number of nitrogens with one attached hydrogen (secondary N) is 1. The Morgan fingerprint density at radius 1 is 1.20 bits per heavy atom. The average molecular weight is 410 g/mol. The molecule has 3 aromatic heterocycles. The van der Waals surface area contributed by atoms with Crippen LogP contribution in [0.4, 0.5) is 14.6 Å². The molecule has 0 spiro atoms.